The molecule has 0 saturated heterocycles. The van der Waals surface area contributed by atoms with Gasteiger partial charge in [-0.15, -0.1) is 0 Å². The smallest absolute Gasteiger partial charge is 0.193 e. The third-order valence-corrected chi connectivity index (χ3v) is 4.55. The molecule has 3 rings (SSSR count). The largest absolute Gasteiger partial charge is 0.489 e. The van der Waals surface area contributed by atoms with E-state index in [1.807, 2.05) is 67.6 Å². The minimum atomic E-state index is -0.665. The molecule has 0 radical (unpaired) electrons. The summed E-state index contributed by atoms with van der Waals surface area (Å²) in [5.74, 6) is 0.620. The van der Waals surface area contributed by atoms with Crippen molar-refractivity contribution in [3.05, 3.63) is 101 Å². The molecule has 0 spiro atoms. The number of rotatable bonds is 8. The first-order valence-corrected chi connectivity index (χ1v) is 9.10. The molecule has 3 aromatic carbocycles. The Labute approximate surface area is 165 Å². The predicted octanol–water partition coefficient (Wildman–Crippen LogP) is 5.10. The summed E-state index contributed by atoms with van der Waals surface area (Å²) in [6.45, 7) is 2.37. The lowest BCUT2D eigenvalue weighted by atomic mass is 9.95. The van der Waals surface area contributed by atoms with Gasteiger partial charge in [-0.3, -0.25) is 4.79 Å². The summed E-state index contributed by atoms with van der Waals surface area (Å²) in [6.07, 6.45) is -0.665. The van der Waals surface area contributed by atoms with Crippen LogP contribution in [0.25, 0.3) is 0 Å². The Balaban J connectivity index is 1.97. The van der Waals surface area contributed by atoms with Gasteiger partial charge < -0.3 is 14.2 Å². The molecule has 0 amide bonds. The molecule has 0 atom stereocenters. The first-order valence-electron chi connectivity index (χ1n) is 9.10. The second kappa shape index (κ2) is 9.31. The molecular formula is C24H24O4. The summed E-state index contributed by atoms with van der Waals surface area (Å²) in [5.41, 5.74) is 3.76. The number of ketones is 1. The fourth-order valence-corrected chi connectivity index (χ4v) is 3.08. The van der Waals surface area contributed by atoms with Crippen LogP contribution in [0.5, 0.6) is 5.75 Å². The van der Waals surface area contributed by atoms with Gasteiger partial charge in [-0.25, -0.2) is 0 Å². The third kappa shape index (κ3) is 4.47. The first-order chi connectivity index (χ1) is 13.6. The van der Waals surface area contributed by atoms with E-state index in [1.165, 1.54) is 0 Å². The van der Waals surface area contributed by atoms with Crippen LogP contribution < -0.4 is 4.74 Å². The van der Waals surface area contributed by atoms with Crippen molar-refractivity contribution in [2.45, 2.75) is 19.8 Å². The molecule has 0 fully saturated rings. The average molecular weight is 376 g/mol. The highest BCUT2D eigenvalue weighted by molar-refractivity contribution is 6.10. The summed E-state index contributed by atoms with van der Waals surface area (Å²) in [6, 6.07) is 22.8. The van der Waals surface area contributed by atoms with Crippen LogP contribution in [0.3, 0.4) is 0 Å². The van der Waals surface area contributed by atoms with Crippen LogP contribution in [0.4, 0.5) is 0 Å². The highest BCUT2D eigenvalue weighted by Crippen LogP contribution is 2.31. The molecule has 0 unspecified atom stereocenters. The van der Waals surface area contributed by atoms with Crippen LogP contribution in [0.1, 0.15) is 38.9 Å². The topological polar surface area (TPSA) is 44.8 Å². The van der Waals surface area contributed by atoms with Crippen molar-refractivity contribution in [2.75, 3.05) is 14.2 Å². The zero-order chi connectivity index (χ0) is 19.9. The van der Waals surface area contributed by atoms with Gasteiger partial charge in [0.2, 0.25) is 0 Å². The molecule has 144 valence electrons. The van der Waals surface area contributed by atoms with E-state index in [0.717, 1.165) is 11.1 Å². The number of hydrogen-bond acceptors (Lipinski definition) is 4. The minimum Gasteiger partial charge on any atom is -0.489 e. The summed E-state index contributed by atoms with van der Waals surface area (Å²) in [5, 5.41) is 0. The Bertz CT molecular complexity index is 916. The van der Waals surface area contributed by atoms with Gasteiger partial charge in [0.25, 0.3) is 0 Å². The number of methoxy groups -OCH3 is 2. The van der Waals surface area contributed by atoms with Crippen molar-refractivity contribution in [3.63, 3.8) is 0 Å². The van der Waals surface area contributed by atoms with E-state index in [-0.39, 0.29) is 5.78 Å². The predicted molar refractivity (Wildman–Crippen MR) is 109 cm³/mol. The zero-order valence-corrected chi connectivity index (χ0v) is 16.3. The van der Waals surface area contributed by atoms with E-state index in [4.69, 9.17) is 14.2 Å². The summed E-state index contributed by atoms with van der Waals surface area (Å²) in [4.78, 5) is 13.1. The first kappa shape index (κ1) is 19.8. The Morgan fingerprint density at radius 2 is 1.50 bits per heavy atom. The highest BCUT2D eigenvalue weighted by atomic mass is 16.7. The maximum Gasteiger partial charge on any atom is 0.193 e. The molecule has 0 aliphatic heterocycles. The molecule has 3 aromatic rings. The molecule has 0 bridgehead atoms. The van der Waals surface area contributed by atoms with Crippen molar-refractivity contribution in [1.82, 2.24) is 0 Å². The van der Waals surface area contributed by atoms with E-state index in [2.05, 4.69) is 0 Å². The van der Waals surface area contributed by atoms with Gasteiger partial charge in [0, 0.05) is 30.9 Å². The van der Waals surface area contributed by atoms with E-state index in [0.29, 0.717) is 29.0 Å². The number of ether oxygens (including phenoxy) is 3. The van der Waals surface area contributed by atoms with E-state index >= 15 is 0 Å². The Morgan fingerprint density at radius 1 is 0.893 bits per heavy atom. The number of benzene rings is 3. The molecule has 4 nitrogen and oxygen atoms in total. The monoisotopic (exact) mass is 376 g/mol. The Hall–Kier alpha value is -2.95. The molecule has 0 aliphatic rings. The number of carbonyl (C=O) groups is 1. The minimum absolute atomic E-state index is 0.0765. The van der Waals surface area contributed by atoms with Crippen molar-refractivity contribution >= 4 is 5.78 Å². The molecule has 28 heavy (non-hydrogen) atoms. The fourth-order valence-electron chi connectivity index (χ4n) is 3.08. The molecule has 4 heteroatoms. The second-order valence-electron chi connectivity index (χ2n) is 6.48. The van der Waals surface area contributed by atoms with Crippen LogP contribution in [0.15, 0.2) is 72.8 Å². The normalized spacial score (nSPS) is 10.9. The van der Waals surface area contributed by atoms with Crippen LogP contribution in [0, 0.1) is 6.92 Å². The number of carbonyl (C=O) groups excluding carboxylic acids is 1. The van der Waals surface area contributed by atoms with Gasteiger partial charge in [0.05, 0.1) is 0 Å². The molecule has 0 aromatic heterocycles. The maximum absolute atomic E-state index is 13.1. The molecule has 0 saturated carbocycles. The van der Waals surface area contributed by atoms with Crippen LogP contribution in [-0.4, -0.2) is 20.0 Å². The van der Waals surface area contributed by atoms with Crippen LogP contribution in [-0.2, 0) is 16.1 Å². The van der Waals surface area contributed by atoms with Gasteiger partial charge in [-0.2, -0.15) is 0 Å². The van der Waals surface area contributed by atoms with Gasteiger partial charge >= 0.3 is 0 Å². The van der Waals surface area contributed by atoms with E-state index in [9.17, 15) is 4.79 Å². The van der Waals surface area contributed by atoms with Gasteiger partial charge in [-0.05, 0) is 30.2 Å². The van der Waals surface area contributed by atoms with E-state index < -0.39 is 6.29 Å². The van der Waals surface area contributed by atoms with Crippen molar-refractivity contribution in [1.29, 1.82) is 0 Å². The van der Waals surface area contributed by atoms with Gasteiger partial charge in [0.15, 0.2) is 12.1 Å². The number of aryl methyl sites for hydroxylation is 1. The van der Waals surface area contributed by atoms with Gasteiger partial charge in [0.1, 0.15) is 12.4 Å². The standard InChI is InChI=1S/C24H24O4/c1-17-14-20(23(25)19-12-8-5-9-13-19)21(24(26-2)27-3)15-22(17)28-16-18-10-6-4-7-11-18/h4-15,24H,16H2,1-3H3. The van der Waals surface area contributed by atoms with Crippen molar-refractivity contribution in [2.24, 2.45) is 0 Å². The van der Waals surface area contributed by atoms with E-state index in [1.54, 1.807) is 26.4 Å². The lowest BCUT2D eigenvalue weighted by Gasteiger charge is -2.20. The molecule has 0 heterocycles. The lowest BCUT2D eigenvalue weighted by Crippen LogP contribution is -2.13. The highest BCUT2D eigenvalue weighted by Gasteiger charge is 2.22. The van der Waals surface area contributed by atoms with Crippen LogP contribution in [0.2, 0.25) is 0 Å². The Kier molecular flexibility index (Phi) is 6.58. The SMILES string of the molecule is COC(OC)c1cc(OCc2ccccc2)c(C)cc1C(=O)c1ccccc1. The summed E-state index contributed by atoms with van der Waals surface area (Å²) >= 11 is 0. The maximum atomic E-state index is 13.1. The average Bonchev–Trinajstić information content (AvgIpc) is 2.75. The van der Waals surface area contributed by atoms with Crippen molar-refractivity contribution < 1.29 is 19.0 Å². The van der Waals surface area contributed by atoms with Crippen molar-refractivity contribution in [3.8, 4) is 5.75 Å². The summed E-state index contributed by atoms with van der Waals surface area (Å²) in [7, 11) is 3.10. The fraction of sp³-hybridized carbons (Fsp3) is 0.208. The Morgan fingerprint density at radius 3 is 2.11 bits per heavy atom. The number of hydrogen-bond donors (Lipinski definition) is 0. The zero-order valence-electron chi connectivity index (χ0n) is 16.3. The lowest BCUT2D eigenvalue weighted by molar-refractivity contribution is -0.106. The molecular weight excluding hydrogens is 352 g/mol. The molecule has 0 aliphatic carbocycles. The van der Waals surface area contributed by atoms with Crippen LogP contribution >= 0.6 is 0 Å². The molecule has 0 N–H and O–H groups in total. The summed E-state index contributed by atoms with van der Waals surface area (Å²) < 4.78 is 16.9. The quantitative estimate of drug-likeness (QED) is 0.405. The van der Waals surface area contributed by atoms with Gasteiger partial charge in [-0.1, -0.05) is 60.7 Å². The second-order valence-corrected chi connectivity index (χ2v) is 6.48. The third-order valence-electron chi connectivity index (χ3n) is 4.55.